The van der Waals surface area contributed by atoms with Crippen LogP contribution in [-0.4, -0.2) is 29.3 Å². The molecule has 0 spiro atoms. The van der Waals surface area contributed by atoms with Crippen LogP contribution in [0.1, 0.15) is 38.3 Å². The summed E-state index contributed by atoms with van der Waals surface area (Å²) in [4.78, 5) is 22.0. The van der Waals surface area contributed by atoms with Gasteiger partial charge in [-0.1, -0.05) is 24.0 Å². The van der Waals surface area contributed by atoms with E-state index in [0.717, 1.165) is 11.1 Å². The van der Waals surface area contributed by atoms with Crippen LogP contribution in [0.2, 0.25) is 0 Å². The molecule has 0 heterocycles. The molecule has 0 aliphatic carbocycles. The molecule has 0 bridgehead atoms. The number of hydrogen-bond acceptors (Lipinski definition) is 3. The molecule has 0 saturated carbocycles. The molecule has 0 fully saturated rings. The van der Waals surface area contributed by atoms with Gasteiger partial charge in [-0.25, -0.2) is 4.79 Å². The van der Waals surface area contributed by atoms with Crippen molar-refractivity contribution in [2.75, 3.05) is 6.54 Å². The fraction of sp³-hybridized carbons (Fsp3) is 0.412. The average molecular weight is 303 g/mol. The maximum absolute atomic E-state index is 11.4. The van der Waals surface area contributed by atoms with Gasteiger partial charge in [0.15, 0.2) is 0 Å². The van der Waals surface area contributed by atoms with Gasteiger partial charge in [-0.2, -0.15) is 0 Å². The van der Waals surface area contributed by atoms with E-state index in [1.165, 1.54) is 0 Å². The Bertz CT molecular complexity index is 591. The number of alkyl carbamates (subject to hydrolysis) is 1. The van der Waals surface area contributed by atoms with Crippen LogP contribution in [-0.2, 0) is 16.0 Å². The highest BCUT2D eigenvalue weighted by atomic mass is 16.6. The molecule has 0 unspecified atom stereocenters. The Balaban J connectivity index is 2.49. The second-order valence-electron chi connectivity index (χ2n) is 5.75. The van der Waals surface area contributed by atoms with E-state index in [2.05, 4.69) is 17.2 Å². The normalized spacial score (nSPS) is 10.3. The Morgan fingerprint density at radius 1 is 1.32 bits per heavy atom. The van der Waals surface area contributed by atoms with Gasteiger partial charge in [0, 0.05) is 12.0 Å². The van der Waals surface area contributed by atoms with Crippen LogP contribution < -0.4 is 5.32 Å². The largest absolute Gasteiger partial charge is 0.481 e. The molecular formula is C17H21NO4. The number of aliphatic carboxylic acids is 1. The van der Waals surface area contributed by atoms with E-state index in [1.807, 2.05) is 24.3 Å². The number of benzene rings is 1. The molecule has 118 valence electrons. The number of carboxylic acids is 1. The van der Waals surface area contributed by atoms with Crippen molar-refractivity contribution < 1.29 is 19.4 Å². The standard InChI is InChI=1S/C17H21NO4/c1-17(2,3)22-16(21)18-11-5-8-13-6-4-7-14(12-13)9-10-15(19)20/h4,6-7,12H,9-11H2,1-3H3,(H,18,21)(H,19,20). The number of rotatable bonds is 4. The minimum Gasteiger partial charge on any atom is -0.481 e. The second kappa shape index (κ2) is 8.08. The minimum atomic E-state index is -0.821. The zero-order chi connectivity index (χ0) is 16.6. The molecule has 5 heteroatoms. The van der Waals surface area contributed by atoms with Gasteiger partial charge in [-0.05, 0) is 44.9 Å². The highest BCUT2D eigenvalue weighted by Gasteiger charge is 2.14. The van der Waals surface area contributed by atoms with Gasteiger partial charge in [0.05, 0.1) is 6.54 Å². The second-order valence-corrected chi connectivity index (χ2v) is 5.75. The number of ether oxygens (including phenoxy) is 1. The van der Waals surface area contributed by atoms with E-state index in [-0.39, 0.29) is 13.0 Å². The van der Waals surface area contributed by atoms with Gasteiger partial charge >= 0.3 is 12.1 Å². The van der Waals surface area contributed by atoms with Crippen molar-refractivity contribution in [3.63, 3.8) is 0 Å². The van der Waals surface area contributed by atoms with E-state index >= 15 is 0 Å². The smallest absolute Gasteiger partial charge is 0.408 e. The number of carbonyl (C=O) groups excluding carboxylic acids is 1. The van der Waals surface area contributed by atoms with E-state index in [0.29, 0.717) is 6.42 Å². The summed E-state index contributed by atoms with van der Waals surface area (Å²) in [5, 5.41) is 11.2. The first-order valence-electron chi connectivity index (χ1n) is 7.03. The molecular weight excluding hydrogens is 282 g/mol. The molecule has 0 saturated heterocycles. The molecule has 0 aliphatic rings. The van der Waals surface area contributed by atoms with Crippen LogP contribution in [0.5, 0.6) is 0 Å². The third-order valence-corrected chi connectivity index (χ3v) is 2.51. The molecule has 1 amide bonds. The van der Waals surface area contributed by atoms with Crippen LogP contribution in [0, 0.1) is 11.8 Å². The van der Waals surface area contributed by atoms with Crippen molar-refractivity contribution in [1.82, 2.24) is 5.32 Å². The Morgan fingerprint density at radius 3 is 2.68 bits per heavy atom. The lowest BCUT2D eigenvalue weighted by Gasteiger charge is -2.18. The summed E-state index contributed by atoms with van der Waals surface area (Å²) in [6.07, 6.45) is 0.0648. The number of aryl methyl sites for hydroxylation is 1. The lowest BCUT2D eigenvalue weighted by atomic mass is 10.1. The first-order chi connectivity index (χ1) is 10.3. The highest BCUT2D eigenvalue weighted by Crippen LogP contribution is 2.07. The molecule has 1 aromatic carbocycles. The first kappa shape index (κ1) is 17.6. The van der Waals surface area contributed by atoms with Crippen LogP contribution >= 0.6 is 0 Å². The molecule has 22 heavy (non-hydrogen) atoms. The number of carbonyl (C=O) groups is 2. The molecule has 0 radical (unpaired) electrons. The SMILES string of the molecule is CC(C)(C)OC(=O)NCC#Cc1cccc(CCC(=O)O)c1. The van der Waals surface area contributed by atoms with Crippen LogP contribution in [0.25, 0.3) is 0 Å². The summed E-state index contributed by atoms with van der Waals surface area (Å²) in [5.41, 5.74) is 1.18. The Labute approximate surface area is 130 Å². The topological polar surface area (TPSA) is 75.6 Å². The zero-order valence-electron chi connectivity index (χ0n) is 13.1. The first-order valence-corrected chi connectivity index (χ1v) is 7.03. The fourth-order valence-corrected chi connectivity index (χ4v) is 1.63. The summed E-state index contributed by atoms with van der Waals surface area (Å²) in [5.74, 6) is 4.93. The molecule has 0 aliphatic heterocycles. The van der Waals surface area contributed by atoms with Gasteiger partial charge < -0.3 is 15.2 Å². The van der Waals surface area contributed by atoms with E-state index < -0.39 is 17.7 Å². The lowest BCUT2D eigenvalue weighted by Crippen LogP contribution is -2.32. The van der Waals surface area contributed by atoms with E-state index in [4.69, 9.17) is 9.84 Å². The van der Waals surface area contributed by atoms with Crippen LogP contribution in [0.3, 0.4) is 0 Å². The fourth-order valence-electron chi connectivity index (χ4n) is 1.63. The van der Waals surface area contributed by atoms with Crippen LogP contribution in [0.15, 0.2) is 24.3 Å². The molecule has 0 atom stereocenters. The van der Waals surface area contributed by atoms with Crippen molar-refractivity contribution in [2.24, 2.45) is 0 Å². The monoisotopic (exact) mass is 303 g/mol. The van der Waals surface area contributed by atoms with Crippen molar-refractivity contribution >= 4 is 12.1 Å². The molecule has 2 N–H and O–H groups in total. The van der Waals surface area contributed by atoms with Crippen molar-refractivity contribution in [3.8, 4) is 11.8 Å². The number of amides is 1. The van der Waals surface area contributed by atoms with E-state index in [1.54, 1.807) is 20.8 Å². The number of nitrogens with one attached hydrogen (secondary N) is 1. The molecule has 5 nitrogen and oxygen atoms in total. The Morgan fingerprint density at radius 2 is 2.05 bits per heavy atom. The Hall–Kier alpha value is -2.48. The summed E-state index contributed by atoms with van der Waals surface area (Å²) in [7, 11) is 0. The van der Waals surface area contributed by atoms with Gasteiger partial charge in [-0.3, -0.25) is 4.79 Å². The summed E-state index contributed by atoms with van der Waals surface area (Å²) in [6, 6.07) is 7.39. The van der Waals surface area contributed by atoms with Crippen molar-refractivity contribution in [2.45, 2.75) is 39.2 Å². The summed E-state index contributed by atoms with van der Waals surface area (Å²) < 4.78 is 5.09. The average Bonchev–Trinajstić information content (AvgIpc) is 2.40. The van der Waals surface area contributed by atoms with Gasteiger partial charge in [0.1, 0.15) is 5.60 Å². The van der Waals surface area contributed by atoms with Crippen LogP contribution in [0.4, 0.5) is 4.79 Å². The molecule has 1 aromatic rings. The van der Waals surface area contributed by atoms with Gasteiger partial charge in [0.25, 0.3) is 0 Å². The summed E-state index contributed by atoms with van der Waals surface area (Å²) >= 11 is 0. The molecule has 1 rings (SSSR count). The predicted molar refractivity (Wildman–Crippen MR) is 83.5 cm³/mol. The minimum absolute atomic E-state index is 0.0943. The highest BCUT2D eigenvalue weighted by molar-refractivity contribution is 5.68. The number of hydrogen-bond donors (Lipinski definition) is 2. The predicted octanol–water partition coefficient (Wildman–Crippen LogP) is 2.58. The van der Waals surface area contributed by atoms with Crippen molar-refractivity contribution in [3.05, 3.63) is 35.4 Å². The van der Waals surface area contributed by atoms with E-state index in [9.17, 15) is 9.59 Å². The third-order valence-electron chi connectivity index (χ3n) is 2.51. The van der Waals surface area contributed by atoms with Gasteiger partial charge in [-0.15, -0.1) is 0 Å². The quantitative estimate of drug-likeness (QED) is 0.838. The van der Waals surface area contributed by atoms with Crippen molar-refractivity contribution in [1.29, 1.82) is 0 Å². The maximum Gasteiger partial charge on any atom is 0.408 e. The number of carboxylic acid groups (broad SMARTS) is 1. The zero-order valence-corrected chi connectivity index (χ0v) is 13.1. The summed E-state index contributed by atoms with van der Waals surface area (Å²) in [6.45, 7) is 5.57. The van der Waals surface area contributed by atoms with Gasteiger partial charge in [0.2, 0.25) is 0 Å². The lowest BCUT2D eigenvalue weighted by molar-refractivity contribution is -0.136. The molecule has 0 aromatic heterocycles. The maximum atomic E-state index is 11.4. The Kier molecular flexibility index (Phi) is 6.46. The third kappa shape index (κ3) is 7.95.